The molecule has 4 heteroatoms. The Morgan fingerprint density at radius 2 is 0.833 bits per heavy atom. The summed E-state index contributed by atoms with van der Waals surface area (Å²) in [6, 6.07) is 30.3. The van der Waals surface area contributed by atoms with Crippen molar-refractivity contribution >= 4 is 87.0 Å². The molecular weight excluding hydrogens is 440 g/mol. The van der Waals surface area contributed by atoms with Crippen molar-refractivity contribution in [1.29, 1.82) is 0 Å². The van der Waals surface area contributed by atoms with Gasteiger partial charge in [-0.3, -0.25) is 9.97 Å². The minimum Gasteiger partial charge on any atom is -0.353 e. The van der Waals surface area contributed by atoms with Crippen LogP contribution in [0.5, 0.6) is 0 Å². The largest absolute Gasteiger partial charge is 0.353 e. The average molecular weight is 459 g/mol. The van der Waals surface area contributed by atoms with Crippen molar-refractivity contribution < 1.29 is 0 Å². The minimum atomic E-state index is 0.935. The summed E-state index contributed by atoms with van der Waals surface area (Å²) < 4.78 is 0. The van der Waals surface area contributed by atoms with Gasteiger partial charge >= 0.3 is 0 Å². The van der Waals surface area contributed by atoms with Crippen LogP contribution in [0.1, 0.15) is 0 Å². The molecule has 0 atom stereocenters. The zero-order valence-corrected chi connectivity index (χ0v) is 19.1. The fourth-order valence-electron chi connectivity index (χ4n) is 6.23. The molecule has 0 aliphatic rings. The molecular formula is C32H18N4. The molecule has 9 aromatic rings. The minimum absolute atomic E-state index is 0.935. The van der Waals surface area contributed by atoms with Gasteiger partial charge in [0.2, 0.25) is 0 Å². The van der Waals surface area contributed by atoms with Gasteiger partial charge in [0.05, 0.1) is 34.5 Å². The SMILES string of the molecule is c1ccc2c(c1)ccc1[nH]c3cnc4c(ccc5c4ncc4[nH]c6ccc7ccccc7c6c45)c3c12. The van der Waals surface area contributed by atoms with E-state index >= 15 is 0 Å². The fourth-order valence-corrected chi connectivity index (χ4v) is 6.23. The van der Waals surface area contributed by atoms with Crippen LogP contribution in [0.15, 0.2) is 97.3 Å². The lowest BCUT2D eigenvalue weighted by Gasteiger charge is -2.07. The van der Waals surface area contributed by atoms with E-state index < -0.39 is 0 Å². The van der Waals surface area contributed by atoms with Gasteiger partial charge in [0.1, 0.15) is 0 Å². The highest BCUT2D eigenvalue weighted by Gasteiger charge is 2.17. The summed E-state index contributed by atoms with van der Waals surface area (Å²) in [6.45, 7) is 0. The van der Waals surface area contributed by atoms with Gasteiger partial charge in [0.25, 0.3) is 0 Å². The molecule has 5 aromatic carbocycles. The molecule has 0 aliphatic heterocycles. The van der Waals surface area contributed by atoms with Crippen LogP contribution in [-0.4, -0.2) is 19.9 Å². The number of hydrogen-bond donors (Lipinski definition) is 2. The van der Waals surface area contributed by atoms with Gasteiger partial charge in [-0.15, -0.1) is 0 Å². The summed E-state index contributed by atoms with van der Waals surface area (Å²) in [5, 5.41) is 12.1. The van der Waals surface area contributed by atoms with Crippen LogP contribution in [-0.2, 0) is 0 Å². The van der Waals surface area contributed by atoms with E-state index in [2.05, 4.69) is 94.9 Å². The first-order chi connectivity index (χ1) is 17.8. The molecule has 0 saturated heterocycles. The molecule has 36 heavy (non-hydrogen) atoms. The molecule has 4 aromatic heterocycles. The molecule has 0 bridgehead atoms. The van der Waals surface area contributed by atoms with Gasteiger partial charge in [-0.05, 0) is 33.7 Å². The highest BCUT2D eigenvalue weighted by atomic mass is 14.8. The molecule has 0 amide bonds. The van der Waals surface area contributed by atoms with Crippen LogP contribution in [0.25, 0.3) is 87.0 Å². The van der Waals surface area contributed by atoms with Crippen LogP contribution < -0.4 is 0 Å². The van der Waals surface area contributed by atoms with Crippen molar-refractivity contribution in [3.8, 4) is 0 Å². The number of rotatable bonds is 0. The predicted molar refractivity (Wildman–Crippen MR) is 151 cm³/mol. The topological polar surface area (TPSA) is 57.4 Å². The average Bonchev–Trinajstić information content (AvgIpc) is 3.51. The lowest BCUT2D eigenvalue weighted by Crippen LogP contribution is -1.87. The van der Waals surface area contributed by atoms with E-state index in [-0.39, 0.29) is 0 Å². The van der Waals surface area contributed by atoms with Gasteiger partial charge in [0.15, 0.2) is 0 Å². The number of nitrogens with one attached hydrogen (secondary N) is 2. The van der Waals surface area contributed by atoms with Crippen molar-refractivity contribution in [3.63, 3.8) is 0 Å². The molecule has 2 N–H and O–H groups in total. The Balaban J connectivity index is 1.50. The summed E-state index contributed by atoms with van der Waals surface area (Å²) >= 11 is 0. The maximum absolute atomic E-state index is 4.94. The van der Waals surface area contributed by atoms with Crippen LogP contribution in [0, 0.1) is 0 Å². The number of aromatic amines is 2. The maximum atomic E-state index is 4.94. The van der Waals surface area contributed by atoms with E-state index in [1.165, 1.54) is 43.1 Å². The molecule has 4 heterocycles. The molecule has 0 unspecified atom stereocenters. The number of aromatic nitrogens is 4. The number of nitrogens with zero attached hydrogens (tertiary/aromatic N) is 2. The zero-order chi connectivity index (χ0) is 23.4. The maximum Gasteiger partial charge on any atom is 0.0972 e. The van der Waals surface area contributed by atoms with Crippen molar-refractivity contribution in [2.24, 2.45) is 0 Å². The van der Waals surface area contributed by atoms with E-state index in [0.717, 1.165) is 43.9 Å². The van der Waals surface area contributed by atoms with E-state index in [9.17, 15) is 0 Å². The van der Waals surface area contributed by atoms with Crippen LogP contribution in [0.4, 0.5) is 0 Å². The molecule has 0 fully saturated rings. The number of pyridine rings is 2. The second kappa shape index (κ2) is 6.37. The zero-order valence-electron chi connectivity index (χ0n) is 19.1. The second-order valence-corrected chi connectivity index (χ2v) is 9.62. The first-order valence-electron chi connectivity index (χ1n) is 12.2. The van der Waals surface area contributed by atoms with E-state index in [1.807, 2.05) is 12.4 Å². The monoisotopic (exact) mass is 458 g/mol. The normalized spacial score (nSPS) is 12.4. The summed E-state index contributed by atoms with van der Waals surface area (Å²) in [7, 11) is 0. The van der Waals surface area contributed by atoms with Crippen LogP contribution in [0.3, 0.4) is 0 Å². The van der Waals surface area contributed by atoms with Crippen molar-refractivity contribution in [3.05, 3.63) is 97.3 Å². The number of hydrogen-bond acceptors (Lipinski definition) is 2. The molecule has 166 valence electrons. The Bertz CT molecular complexity index is 2200. The lowest BCUT2D eigenvalue weighted by atomic mass is 9.98. The van der Waals surface area contributed by atoms with Crippen molar-refractivity contribution in [2.75, 3.05) is 0 Å². The van der Waals surface area contributed by atoms with Crippen LogP contribution in [0.2, 0.25) is 0 Å². The third-order valence-electron chi connectivity index (χ3n) is 7.77. The predicted octanol–water partition coefficient (Wildman–Crippen LogP) is 8.36. The third kappa shape index (κ3) is 2.19. The highest BCUT2D eigenvalue weighted by molar-refractivity contribution is 6.32. The van der Waals surface area contributed by atoms with Gasteiger partial charge in [-0.25, -0.2) is 0 Å². The second-order valence-electron chi connectivity index (χ2n) is 9.62. The molecule has 0 radical (unpaired) electrons. The number of benzene rings is 5. The molecule has 4 nitrogen and oxygen atoms in total. The van der Waals surface area contributed by atoms with Gasteiger partial charge in [-0.1, -0.05) is 72.8 Å². The Kier molecular flexibility index (Phi) is 3.25. The van der Waals surface area contributed by atoms with E-state index in [0.29, 0.717) is 0 Å². The summed E-state index contributed by atoms with van der Waals surface area (Å²) in [6.07, 6.45) is 3.92. The van der Waals surface area contributed by atoms with Crippen LogP contribution >= 0.6 is 0 Å². The Hall–Kier alpha value is -4.96. The van der Waals surface area contributed by atoms with Crippen molar-refractivity contribution in [1.82, 2.24) is 19.9 Å². The molecule has 0 spiro atoms. The lowest BCUT2D eigenvalue weighted by molar-refractivity contribution is 1.38. The van der Waals surface area contributed by atoms with E-state index in [4.69, 9.17) is 9.97 Å². The van der Waals surface area contributed by atoms with Gasteiger partial charge in [-0.2, -0.15) is 0 Å². The first kappa shape index (κ1) is 18.4. The highest BCUT2D eigenvalue weighted by Crippen LogP contribution is 2.40. The molecule has 0 saturated carbocycles. The molecule has 0 aliphatic carbocycles. The Labute approximate surface area is 204 Å². The standard InChI is InChI=1S/C32H18N4/c1-3-7-19-17(5-1)9-13-23-27(19)29-21-11-12-22-30-26(16-34-32(22)31(21)33-15-25(29)35-23)36-24-14-10-18-6-2-4-8-20(18)28(24)30/h1-16,35-36H. The summed E-state index contributed by atoms with van der Waals surface area (Å²) in [4.78, 5) is 17.1. The number of H-pyrrole nitrogens is 2. The number of fused-ring (bicyclic) bond motifs is 15. The Morgan fingerprint density at radius 3 is 1.33 bits per heavy atom. The van der Waals surface area contributed by atoms with E-state index in [1.54, 1.807) is 0 Å². The fraction of sp³-hybridized carbons (Fsp3) is 0. The van der Waals surface area contributed by atoms with Gasteiger partial charge in [0, 0.05) is 43.4 Å². The first-order valence-corrected chi connectivity index (χ1v) is 12.2. The summed E-state index contributed by atoms with van der Waals surface area (Å²) in [5.74, 6) is 0. The van der Waals surface area contributed by atoms with Gasteiger partial charge < -0.3 is 9.97 Å². The smallest absolute Gasteiger partial charge is 0.0972 e. The molecule has 9 rings (SSSR count). The quantitative estimate of drug-likeness (QED) is 0.224. The summed E-state index contributed by atoms with van der Waals surface area (Å²) in [5.41, 5.74) is 6.23. The third-order valence-corrected chi connectivity index (χ3v) is 7.77. The Morgan fingerprint density at radius 1 is 0.389 bits per heavy atom. The van der Waals surface area contributed by atoms with Crippen molar-refractivity contribution in [2.45, 2.75) is 0 Å².